The van der Waals surface area contributed by atoms with Crippen LogP contribution in [0.25, 0.3) is 10.2 Å². The van der Waals surface area contributed by atoms with Crippen LogP contribution in [0.3, 0.4) is 0 Å². The molecule has 0 saturated heterocycles. The topological polar surface area (TPSA) is 109 Å². The summed E-state index contributed by atoms with van der Waals surface area (Å²) >= 11 is 1.66. The first-order valence-corrected chi connectivity index (χ1v) is 12.4. The van der Waals surface area contributed by atoms with Gasteiger partial charge in [0.2, 0.25) is 5.88 Å². The Bertz CT molecular complexity index is 1050. The molecule has 0 aromatic carbocycles. The molecule has 2 aromatic rings. The summed E-state index contributed by atoms with van der Waals surface area (Å²) in [6.07, 6.45) is 5.92. The number of ether oxygens (including phenoxy) is 2. The molecule has 0 radical (unpaired) electrons. The molecule has 0 aliphatic heterocycles. The maximum absolute atomic E-state index is 12.4. The van der Waals surface area contributed by atoms with Crippen LogP contribution in [0.2, 0.25) is 0 Å². The van der Waals surface area contributed by atoms with Crippen molar-refractivity contribution in [2.24, 2.45) is 0 Å². The highest BCUT2D eigenvalue weighted by molar-refractivity contribution is 7.19. The highest BCUT2D eigenvalue weighted by Crippen LogP contribution is 2.47. The number of thiophene rings is 1. The number of nitriles is 1. The van der Waals surface area contributed by atoms with Gasteiger partial charge in [-0.05, 0) is 77.2 Å². The predicted octanol–water partition coefficient (Wildman–Crippen LogP) is 4.55. The van der Waals surface area contributed by atoms with Gasteiger partial charge in [0.1, 0.15) is 29.0 Å². The Kier molecular flexibility index (Phi) is 6.78. The van der Waals surface area contributed by atoms with E-state index in [4.69, 9.17) is 14.7 Å². The van der Waals surface area contributed by atoms with Crippen LogP contribution in [0.15, 0.2) is 6.33 Å². The lowest BCUT2D eigenvalue weighted by atomic mass is 9.92. The Balaban J connectivity index is 1.45. The molecule has 8 nitrogen and oxygen atoms in total. The molecule has 2 aliphatic rings. The van der Waals surface area contributed by atoms with Gasteiger partial charge in [-0.25, -0.2) is 14.8 Å². The number of rotatable bonds is 5. The molecule has 4 rings (SSSR count). The fourth-order valence-electron chi connectivity index (χ4n) is 4.88. The van der Waals surface area contributed by atoms with Gasteiger partial charge < -0.3 is 19.5 Å². The van der Waals surface area contributed by atoms with Crippen LogP contribution in [0.5, 0.6) is 5.88 Å². The van der Waals surface area contributed by atoms with E-state index < -0.39 is 11.7 Å². The summed E-state index contributed by atoms with van der Waals surface area (Å²) in [4.78, 5) is 25.2. The van der Waals surface area contributed by atoms with Gasteiger partial charge in [-0.2, -0.15) is 5.26 Å². The van der Waals surface area contributed by atoms with Crippen molar-refractivity contribution >= 4 is 27.6 Å². The van der Waals surface area contributed by atoms with Crippen molar-refractivity contribution in [2.75, 3.05) is 7.05 Å². The van der Waals surface area contributed by atoms with Crippen molar-refractivity contribution in [2.45, 2.75) is 95.5 Å². The van der Waals surface area contributed by atoms with Gasteiger partial charge >= 0.3 is 6.09 Å². The standard InChI is InChI=1S/C24H32N4O4S/c1-24(2,3)32-23(30)28(4)15-6-8-17(9-7-15)31-21-20-19-14(11-16(29)12-25)5-10-18(19)33-22(20)27-13-26-21/h13-17,29H,5-11H2,1-4H3/t14-,15-,16+,17-/m1/s1. The van der Waals surface area contributed by atoms with Gasteiger partial charge in [0.15, 0.2) is 0 Å². The van der Waals surface area contributed by atoms with Gasteiger partial charge in [0.25, 0.3) is 0 Å². The van der Waals surface area contributed by atoms with E-state index >= 15 is 0 Å². The summed E-state index contributed by atoms with van der Waals surface area (Å²) < 4.78 is 11.9. The van der Waals surface area contributed by atoms with Gasteiger partial charge in [-0.1, -0.05) is 0 Å². The van der Waals surface area contributed by atoms with Crippen LogP contribution < -0.4 is 4.74 Å². The van der Waals surface area contributed by atoms with E-state index in [1.54, 1.807) is 29.6 Å². The third-order valence-corrected chi connectivity index (χ3v) is 7.68. The van der Waals surface area contributed by atoms with Crippen molar-refractivity contribution < 1.29 is 19.4 Å². The van der Waals surface area contributed by atoms with Crippen LogP contribution in [0.1, 0.15) is 75.7 Å². The molecule has 2 heterocycles. The molecule has 178 valence electrons. The van der Waals surface area contributed by atoms with Gasteiger partial charge in [0.05, 0.1) is 11.5 Å². The maximum atomic E-state index is 12.4. The van der Waals surface area contributed by atoms with Crippen molar-refractivity contribution in [3.8, 4) is 11.9 Å². The minimum Gasteiger partial charge on any atom is -0.474 e. The second-order valence-corrected chi connectivity index (χ2v) is 11.1. The number of carbonyl (C=O) groups is 1. The van der Waals surface area contributed by atoms with Crippen molar-refractivity contribution in [3.63, 3.8) is 0 Å². The number of nitrogens with zero attached hydrogens (tertiary/aromatic N) is 4. The third kappa shape index (κ3) is 5.22. The number of carbonyl (C=O) groups excluding carboxylic acids is 1. The molecule has 2 aromatic heterocycles. The molecule has 1 amide bonds. The zero-order valence-corrected chi connectivity index (χ0v) is 20.5. The largest absolute Gasteiger partial charge is 0.474 e. The summed E-state index contributed by atoms with van der Waals surface area (Å²) in [5.74, 6) is 0.717. The number of hydrogen-bond acceptors (Lipinski definition) is 8. The Morgan fingerprint density at radius 3 is 2.70 bits per heavy atom. The van der Waals surface area contributed by atoms with E-state index in [1.165, 1.54) is 4.88 Å². The van der Waals surface area contributed by atoms with Crippen LogP contribution in [0.4, 0.5) is 4.79 Å². The Morgan fingerprint density at radius 2 is 2.03 bits per heavy atom. The first-order valence-electron chi connectivity index (χ1n) is 11.6. The number of aliphatic hydroxyl groups excluding tert-OH is 1. The third-order valence-electron chi connectivity index (χ3n) is 6.50. The second kappa shape index (κ2) is 9.43. The summed E-state index contributed by atoms with van der Waals surface area (Å²) in [6, 6.07) is 2.07. The molecule has 1 N–H and O–H groups in total. The smallest absolute Gasteiger partial charge is 0.410 e. The Hall–Kier alpha value is -2.44. The second-order valence-electron chi connectivity index (χ2n) is 10.1. The zero-order chi connectivity index (χ0) is 23.8. The molecule has 0 spiro atoms. The number of aliphatic hydroxyl groups is 1. The molecule has 1 fully saturated rings. The number of hydrogen-bond donors (Lipinski definition) is 1. The first kappa shape index (κ1) is 23.7. The number of fused-ring (bicyclic) bond motifs is 3. The lowest BCUT2D eigenvalue weighted by Gasteiger charge is -2.35. The highest BCUT2D eigenvalue weighted by atomic mass is 32.1. The maximum Gasteiger partial charge on any atom is 0.410 e. The predicted molar refractivity (Wildman–Crippen MR) is 125 cm³/mol. The minimum atomic E-state index is -0.970. The molecule has 2 atom stereocenters. The lowest BCUT2D eigenvalue weighted by Crippen LogP contribution is -2.43. The molecule has 0 unspecified atom stereocenters. The van der Waals surface area contributed by atoms with E-state index in [-0.39, 0.29) is 24.2 Å². The Morgan fingerprint density at radius 1 is 1.30 bits per heavy atom. The van der Waals surface area contributed by atoms with Crippen molar-refractivity contribution in [1.82, 2.24) is 14.9 Å². The Labute approximate surface area is 198 Å². The first-order chi connectivity index (χ1) is 15.7. The van der Waals surface area contributed by atoms with Crippen LogP contribution in [-0.4, -0.2) is 57.0 Å². The highest BCUT2D eigenvalue weighted by Gasteiger charge is 2.33. The normalized spacial score (nSPS) is 23.6. The number of aromatic nitrogens is 2. The fourth-order valence-corrected chi connectivity index (χ4v) is 6.11. The molecular formula is C24H32N4O4S. The van der Waals surface area contributed by atoms with E-state index in [0.29, 0.717) is 12.3 Å². The quantitative estimate of drug-likeness (QED) is 0.636. The van der Waals surface area contributed by atoms with Gasteiger partial charge in [0, 0.05) is 18.0 Å². The summed E-state index contributed by atoms with van der Waals surface area (Å²) in [5, 5.41) is 19.9. The van der Waals surface area contributed by atoms with E-state index in [1.807, 2.05) is 26.8 Å². The molecule has 33 heavy (non-hydrogen) atoms. The van der Waals surface area contributed by atoms with Crippen molar-refractivity contribution in [1.29, 1.82) is 5.26 Å². The fraction of sp³-hybridized carbons (Fsp3) is 0.667. The zero-order valence-electron chi connectivity index (χ0n) is 19.7. The number of amides is 1. The SMILES string of the molecule is CN(C(=O)OC(C)(C)C)[C@H]1CC[C@H](Oc2ncnc3sc4c(c23)[C@@H](C[C@H](O)C#N)CC4)CC1. The van der Waals surface area contributed by atoms with Gasteiger partial charge in [-0.3, -0.25) is 0 Å². The lowest BCUT2D eigenvalue weighted by molar-refractivity contribution is 0.0137. The average Bonchev–Trinajstić information content (AvgIpc) is 3.32. The molecule has 0 bridgehead atoms. The monoisotopic (exact) mass is 472 g/mol. The molecule has 9 heteroatoms. The summed E-state index contributed by atoms with van der Waals surface area (Å²) in [7, 11) is 1.80. The molecule has 2 aliphatic carbocycles. The van der Waals surface area contributed by atoms with Gasteiger partial charge in [-0.15, -0.1) is 11.3 Å². The van der Waals surface area contributed by atoms with E-state index in [9.17, 15) is 9.90 Å². The summed E-state index contributed by atoms with van der Waals surface area (Å²) in [5.41, 5.74) is 0.643. The van der Waals surface area contributed by atoms with Crippen LogP contribution >= 0.6 is 11.3 Å². The minimum absolute atomic E-state index is 0.0199. The van der Waals surface area contributed by atoms with E-state index in [0.717, 1.165) is 54.3 Å². The van der Waals surface area contributed by atoms with Crippen molar-refractivity contribution in [3.05, 3.63) is 16.8 Å². The number of aryl methyl sites for hydroxylation is 1. The molecular weight excluding hydrogens is 440 g/mol. The van der Waals surface area contributed by atoms with Crippen LogP contribution in [-0.2, 0) is 11.2 Å². The van der Waals surface area contributed by atoms with Crippen LogP contribution in [0, 0.1) is 11.3 Å². The summed E-state index contributed by atoms with van der Waals surface area (Å²) in [6.45, 7) is 5.62. The molecule has 1 saturated carbocycles. The average molecular weight is 473 g/mol. The van der Waals surface area contributed by atoms with E-state index in [2.05, 4.69) is 9.97 Å².